The van der Waals surface area contributed by atoms with Crippen LogP contribution < -0.4 is 5.32 Å². The summed E-state index contributed by atoms with van der Waals surface area (Å²) in [6.07, 6.45) is 4.29. The second kappa shape index (κ2) is 5.54. The molecule has 0 aromatic carbocycles. The van der Waals surface area contributed by atoms with Gasteiger partial charge in [-0.25, -0.2) is 9.97 Å². The molecule has 0 saturated carbocycles. The molecule has 0 atom stereocenters. The van der Waals surface area contributed by atoms with E-state index < -0.39 is 0 Å². The first-order valence-corrected chi connectivity index (χ1v) is 5.77. The highest BCUT2D eigenvalue weighted by Crippen LogP contribution is 2.03. The fraction of sp³-hybridized carbons (Fsp3) is 0.417. The second-order valence-electron chi connectivity index (χ2n) is 3.91. The van der Waals surface area contributed by atoms with Crippen molar-refractivity contribution >= 4 is 0 Å². The minimum Gasteiger partial charge on any atom is -0.306 e. The minimum atomic E-state index is 0.745. The fourth-order valence-corrected chi connectivity index (χ4v) is 1.65. The summed E-state index contributed by atoms with van der Waals surface area (Å²) in [5, 5.41) is 7.75. The number of aryl methyl sites for hydroxylation is 2. The Kier molecular flexibility index (Phi) is 3.82. The molecule has 0 fully saturated rings. The summed E-state index contributed by atoms with van der Waals surface area (Å²) in [6.45, 7) is 3.66. The Morgan fingerprint density at radius 3 is 2.82 bits per heavy atom. The smallest absolute Gasteiger partial charge is 0.115 e. The maximum absolute atomic E-state index is 4.41. The summed E-state index contributed by atoms with van der Waals surface area (Å²) in [7, 11) is 1.97. The van der Waals surface area contributed by atoms with Crippen LogP contribution in [-0.4, -0.2) is 19.7 Å². The van der Waals surface area contributed by atoms with E-state index in [9.17, 15) is 0 Å². The van der Waals surface area contributed by atoms with Gasteiger partial charge in [-0.2, -0.15) is 5.10 Å². The average Bonchev–Trinajstić information content (AvgIpc) is 2.72. The van der Waals surface area contributed by atoms with Crippen LogP contribution in [0, 0.1) is 0 Å². The molecule has 90 valence electrons. The summed E-state index contributed by atoms with van der Waals surface area (Å²) in [4.78, 5) is 8.04. The summed E-state index contributed by atoms with van der Waals surface area (Å²) >= 11 is 0. The lowest BCUT2D eigenvalue weighted by Gasteiger charge is -2.04. The number of rotatable bonds is 5. The molecule has 2 heterocycles. The van der Waals surface area contributed by atoms with Gasteiger partial charge >= 0.3 is 0 Å². The zero-order valence-corrected chi connectivity index (χ0v) is 10.2. The van der Waals surface area contributed by atoms with E-state index in [0.29, 0.717) is 0 Å². The molecule has 0 saturated heterocycles. The second-order valence-corrected chi connectivity index (χ2v) is 3.91. The molecule has 0 radical (unpaired) electrons. The maximum Gasteiger partial charge on any atom is 0.115 e. The van der Waals surface area contributed by atoms with Gasteiger partial charge in [-0.05, 0) is 18.6 Å². The zero-order valence-electron chi connectivity index (χ0n) is 10.2. The number of aromatic nitrogens is 4. The van der Waals surface area contributed by atoms with Gasteiger partial charge in [-0.1, -0.05) is 6.92 Å². The van der Waals surface area contributed by atoms with Gasteiger partial charge in [0.05, 0.1) is 17.1 Å². The highest BCUT2D eigenvalue weighted by atomic mass is 15.3. The molecular formula is C12H17N5. The molecule has 0 aliphatic carbocycles. The van der Waals surface area contributed by atoms with Crippen molar-refractivity contribution in [2.45, 2.75) is 26.4 Å². The molecule has 5 nitrogen and oxygen atoms in total. The quantitative estimate of drug-likeness (QED) is 0.836. The number of nitrogens with one attached hydrogen (secondary N) is 1. The molecule has 2 aromatic heterocycles. The third kappa shape index (κ3) is 3.10. The SMILES string of the molecule is CCc1cc(CNCc2ccncn2)n(C)n1. The first-order chi connectivity index (χ1) is 8.29. The van der Waals surface area contributed by atoms with Crippen LogP contribution in [-0.2, 0) is 26.6 Å². The highest BCUT2D eigenvalue weighted by Gasteiger charge is 2.03. The highest BCUT2D eigenvalue weighted by molar-refractivity contribution is 5.10. The van der Waals surface area contributed by atoms with Crippen molar-refractivity contribution in [2.24, 2.45) is 7.05 Å². The van der Waals surface area contributed by atoms with Crippen molar-refractivity contribution in [1.82, 2.24) is 25.1 Å². The van der Waals surface area contributed by atoms with E-state index in [1.54, 1.807) is 12.5 Å². The first-order valence-electron chi connectivity index (χ1n) is 5.77. The Morgan fingerprint density at radius 1 is 1.29 bits per heavy atom. The first kappa shape index (κ1) is 11.7. The third-order valence-electron chi connectivity index (χ3n) is 2.65. The molecule has 2 aromatic rings. The number of nitrogens with zero attached hydrogens (tertiary/aromatic N) is 4. The van der Waals surface area contributed by atoms with Crippen LogP contribution in [0.4, 0.5) is 0 Å². The van der Waals surface area contributed by atoms with Crippen molar-refractivity contribution < 1.29 is 0 Å². The van der Waals surface area contributed by atoms with Crippen LogP contribution in [0.2, 0.25) is 0 Å². The third-order valence-corrected chi connectivity index (χ3v) is 2.65. The summed E-state index contributed by atoms with van der Waals surface area (Å²) < 4.78 is 1.92. The molecule has 1 N–H and O–H groups in total. The van der Waals surface area contributed by atoms with Crippen LogP contribution in [0.15, 0.2) is 24.7 Å². The standard InChI is InChI=1S/C12H17N5/c1-3-10-6-12(17(2)16-10)8-14-7-11-4-5-13-9-15-11/h4-6,9,14H,3,7-8H2,1-2H3. The Morgan fingerprint density at radius 2 is 2.18 bits per heavy atom. The topological polar surface area (TPSA) is 55.6 Å². The molecule has 0 spiro atoms. The Balaban J connectivity index is 1.88. The minimum absolute atomic E-state index is 0.745. The lowest BCUT2D eigenvalue weighted by Crippen LogP contribution is -2.15. The molecule has 0 aliphatic heterocycles. The summed E-state index contributed by atoms with van der Waals surface area (Å²) in [6, 6.07) is 4.04. The number of hydrogen-bond acceptors (Lipinski definition) is 4. The largest absolute Gasteiger partial charge is 0.306 e. The van der Waals surface area contributed by atoms with E-state index >= 15 is 0 Å². The van der Waals surface area contributed by atoms with E-state index in [-0.39, 0.29) is 0 Å². The van der Waals surface area contributed by atoms with E-state index in [1.165, 1.54) is 5.69 Å². The van der Waals surface area contributed by atoms with Gasteiger partial charge in [0.1, 0.15) is 6.33 Å². The lowest BCUT2D eigenvalue weighted by atomic mass is 10.3. The van der Waals surface area contributed by atoms with Gasteiger partial charge in [0.15, 0.2) is 0 Å². The van der Waals surface area contributed by atoms with Gasteiger partial charge in [-0.3, -0.25) is 4.68 Å². The van der Waals surface area contributed by atoms with Gasteiger partial charge in [-0.15, -0.1) is 0 Å². The molecule has 0 bridgehead atoms. The van der Waals surface area contributed by atoms with Crippen molar-refractivity contribution in [1.29, 1.82) is 0 Å². The molecule has 0 amide bonds. The normalized spacial score (nSPS) is 10.7. The van der Waals surface area contributed by atoms with Crippen LogP contribution in [0.3, 0.4) is 0 Å². The van der Waals surface area contributed by atoms with Gasteiger partial charge in [0, 0.05) is 26.3 Å². The molecule has 0 aliphatic rings. The van der Waals surface area contributed by atoms with Crippen molar-refractivity contribution in [3.8, 4) is 0 Å². The van der Waals surface area contributed by atoms with Gasteiger partial charge in [0.2, 0.25) is 0 Å². The molecule has 17 heavy (non-hydrogen) atoms. The van der Waals surface area contributed by atoms with Gasteiger partial charge < -0.3 is 5.32 Å². The Labute approximate surface area is 101 Å². The van der Waals surface area contributed by atoms with Gasteiger partial charge in [0.25, 0.3) is 0 Å². The average molecular weight is 231 g/mol. The van der Waals surface area contributed by atoms with Crippen LogP contribution in [0.1, 0.15) is 24.0 Å². The van der Waals surface area contributed by atoms with E-state index in [2.05, 4.69) is 33.4 Å². The molecule has 2 rings (SSSR count). The monoisotopic (exact) mass is 231 g/mol. The van der Waals surface area contributed by atoms with E-state index in [1.807, 2.05) is 17.8 Å². The van der Waals surface area contributed by atoms with Crippen LogP contribution in [0.5, 0.6) is 0 Å². The molecule has 5 heteroatoms. The summed E-state index contributed by atoms with van der Waals surface area (Å²) in [5.41, 5.74) is 3.32. The van der Waals surface area contributed by atoms with Crippen molar-refractivity contribution in [2.75, 3.05) is 0 Å². The predicted molar refractivity (Wildman–Crippen MR) is 65.2 cm³/mol. The fourth-order valence-electron chi connectivity index (χ4n) is 1.65. The van der Waals surface area contributed by atoms with E-state index in [0.717, 1.165) is 30.9 Å². The Bertz CT molecular complexity index is 463. The predicted octanol–water partition coefficient (Wildman–Crippen LogP) is 1.06. The Hall–Kier alpha value is -1.75. The van der Waals surface area contributed by atoms with Crippen molar-refractivity contribution in [3.05, 3.63) is 41.7 Å². The lowest BCUT2D eigenvalue weighted by molar-refractivity contribution is 0.617. The molecular weight excluding hydrogens is 214 g/mol. The van der Waals surface area contributed by atoms with Crippen LogP contribution in [0.25, 0.3) is 0 Å². The molecule has 0 unspecified atom stereocenters. The zero-order chi connectivity index (χ0) is 12.1. The van der Waals surface area contributed by atoms with E-state index in [4.69, 9.17) is 0 Å². The summed E-state index contributed by atoms with van der Waals surface area (Å²) in [5.74, 6) is 0. The number of hydrogen-bond donors (Lipinski definition) is 1. The van der Waals surface area contributed by atoms with Crippen molar-refractivity contribution in [3.63, 3.8) is 0 Å². The van der Waals surface area contributed by atoms with Crippen LogP contribution >= 0.6 is 0 Å². The maximum atomic E-state index is 4.41.